The van der Waals surface area contributed by atoms with Gasteiger partial charge in [-0.25, -0.2) is 4.79 Å². The summed E-state index contributed by atoms with van der Waals surface area (Å²) in [7, 11) is 1.52. The Bertz CT molecular complexity index is 591. The fourth-order valence-electron chi connectivity index (χ4n) is 1.54. The van der Waals surface area contributed by atoms with Gasteiger partial charge in [0.25, 0.3) is 0 Å². The van der Waals surface area contributed by atoms with Crippen LogP contribution in [0.5, 0.6) is 11.5 Å². The van der Waals surface area contributed by atoms with E-state index in [1.807, 2.05) is 13.8 Å². The molecular weight excluding hydrogens is 306 g/mol. The number of esters is 1. The van der Waals surface area contributed by atoms with Gasteiger partial charge in [0.05, 0.1) is 18.7 Å². The normalized spacial score (nSPS) is 10.5. The first-order chi connectivity index (χ1) is 10.5. The van der Waals surface area contributed by atoms with Crippen LogP contribution in [0.4, 0.5) is 0 Å². The number of carbonyl (C=O) groups excluding carboxylic acids is 1. The summed E-state index contributed by atoms with van der Waals surface area (Å²) in [4.78, 5) is 11.3. The maximum Gasteiger partial charge on any atom is 0.331 e. The summed E-state index contributed by atoms with van der Waals surface area (Å²) < 4.78 is 15.5. The molecule has 1 aromatic rings. The van der Waals surface area contributed by atoms with Gasteiger partial charge in [0.2, 0.25) is 0 Å². The molecule has 0 atom stereocenters. The minimum atomic E-state index is -0.600. The summed E-state index contributed by atoms with van der Waals surface area (Å²) in [6.07, 6.45) is 2.75. The van der Waals surface area contributed by atoms with Crippen LogP contribution in [0.3, 0.4) is 0 Å². The van der Waals surface area contributed by atoms with E-state index in [2.05, 4.69) is 4.74 Å². The molecular formula is C16H18ClNO4. The van der Waals surface area contributed by atoms with Crippen molar-refractivity contribution in [1.82, 2.24) is 0 Å². The van der Waals surface area contributed by atoms with Crippen molar-refractivity contribution in [3.63, 3.8) is 0 Å². The summed E-state index contributed by atoms with van der Waals surface area (Å²) in [5.74, 6) is 0.715. The summed E-state index contributed by atoms with van der Waals surface area (Å²) in [5, 5.41) is 8.72. The topological polar surface area (TPSA) is 68.5 Å². The molecule has 6 heteroatoms. The molecule has 0 unspecified atom stereocenters. The van der Waals surface area contributed by atoms with E-state index in [0.29, 0.717) is 34.6 Å². The van der Waals surface area contributed by atoms with Gasteiger partial charge in [0.15, 0.2) is 18.1 Å². The third-order valence-corrected chi connectivity index (χ3v) is 2.78. The first-order valence-corrected chi connectivity index (χ1v) is 7.07. The minimum Gasteiger partial charge on any atom is -0.493 e. The zero-order chi connectivity index (χ0) is 16.5. The summed E-state index contributed by atoms with van der Waals surface area (Å²) in [5.41, 5.74) is 0.660. The van der Waals surface area contributed by atoms with E-state index >= 15 is 0 Å². The standard InChI is InChI=1S/C16H18ClNO4/c1-11(2)10-22-16-13(17)8-12(9-14(16)20-3)4-5-15(19)21-7-6-18/h4-5,8-9,11H,7,10H2,1-3H3/b5-4+. The number of ether oxygens (including phenoxy) is 3. The quantitative estimate of drug-likeness (QED) is 0.567. The number of hydrogen-bond donors (Lipinski definition) is 0. The fourth-order valence-corrected chi connectivity index (χ4v) is 1.82. The number of nitrogens with zero attached hydrogens (tertiary/aromatic N) is 1. The molecule has 1 rings (SSSR count). The van der Waals surface area contributed by atoms with Crippen LogP contribution in [0.15, 0.2) is 18.2 Å². The Morgan fingerprint density at radius 1 is 1.45 bits per heavy atom. The maximum absolute atomic E-state index is 11.3. The second kappa shape index (κ2) is 8.96. The number of benzene rings is 1. The average Bonchev–Trinajstić information content (AvgIpc) is 2.48. The Hall–Kier alpha value is -2.19. The fraction of sp³-hybridized carbons (Fsp3) is 0.375. The van der Waals surface area contributed by atoms with Gasteiger partial charge in [-0.05, 0) is 29.7 Å². The van der Waals surface area contributed by atoms with Crippen LogP contribution in [0.1, 0.15) is 19.4 Å². The zero-order valence-electron chi connectivity index (χ0n) is 12.8. The van der Waals surface area contributed by atoms with Crippen LogP contribution in [0.2, 0.25) is 5.02 Å². The first kappa shape index (κ1) is 17.9. The van der Waals surface area contributed by atoms with E-state index in [1.54, 1.807) is 18.2 Å². The SMILES string of the molecule is COc1cc(/C=C/C(=O)OCC#N)cc(Cl)c1OCC(C)C. The predicted molar refractivity (Wildman–Crippen MR) is 83.9 cm³/mol. The van der Waals surface area contributed by atoms with E-state index in [9.17, 15) is 4.79 Å². The Morgan fingerprint density at radius 3 is 2.77 bits per heavy atom. The van der Waals surface area contributed by atoms with Crippen LogP contribution in [0, 0.1) is 17.2 Å². The van der Waals surface area contributed by atoms with Crippen LogP contribution in [-0.4, -0.2) is 26.3 Å². The van der Waals surface area contributed by atoms with Crippen molar-refractivity contribution in [3.8, 4) is 17.6 Å². The number of rotatable bonds is 7. The minimum absolute atomic E-state index is 0.283. The smallest absolute Gasteiger partial charge is 0.331 e. The van der Waals surface area contributed by atoms with Gasteiger partial charge in [0.1, 0.15) is 6.07 Å². The molecule has 0 saturated carbocycles. The third kappa shape index (κ3) is 5.66. The predicted octanol–water partition coefficient (Wildman–Crippen LogP) is 3.46. The molecule has 0 aromatic heterocycles. The number of nitriles is 1. The zero-order valence-corrected chi connectivity index (χ0v) is 13.5. The highest BCUT2D eigenvalue weighted by atomic mass is 35.5. The Morgan fingerprint density at radius 2 is 2.18 bits per heavy atom. The molecule has 0 N–H and O–H groups in total. The van der Waals surface area contributed by atoms with Crippen LogP contribution in [0.25, 0.3) is 6.08 Å². The highest BCUT2D eigenvalue weighted by Gasteiger charge is 2.12. The van der Waals surface area contributed by atoms with Gasteiger partial charge in [-0.2, -0.15) is 5.26 Å². The number of carbonyl (C=O) groups is 1. The second-order valence-corrected chi connectivity index (χ2v) is 5.25. The van der Waals surface area contributed by atoms with Gasteiger partial charge in [0, 0.05) is 6.08 Å². The second-order valence-electron chi connectivity index (χ2n) is 4.84. The number of halogens is 1. The molecule has 0 saturated heterocycles. The lowest BCUT2D eigenvalue weighted by Crippen LogP contribution is -2.06. The van der Waals surface area contributed by atoms with Crippen molar-refractivity contribution < 1.29 is 19.0 Å². The molecule has 22 heavy (non-hydrogen) atoms. The van der Waals surface area contributed by atoms with Crippen molar-refractivity contribution in [3.05, 3.63) is 28.8 Å². The van der Waals surface area contributed by atoms with Crippen LogP contribution < -0.4 is 9.47 Å². The molecule has 0 spiro atoms. The summed E-state index contributed by atoms with van der Waals surface area (Å²) in [6, 6.07) is 5.08. The monoisotopic (exact) mass is 323 g/mol. The van der Waals surface area contributed by atoms with Gasteiger partial charge < -0.3 is 14.2 Å². The molecule has 0 amide bonds. The molecule has 1 aromatic carbocycles. The highest BCUT2D eigenvalue weighted by Crippen LogP contribution is 2.37. The van der Waals surface area contributed by atoms with E-state index < -0.39 is 5.97 Å². The molecule has 5 nitrogen and oxygen atoms in total. The van der Waals surface area contributed by atoms with Crippen molar-refractivity contribution >= 4 is 23.6 Å². The molecule has 0 fully saturated rings. The van der Waals surface area contributed by atoms with Gasteiger partial charge in [-0.3, -0.25) is 0 Å². The first-order valence-electron chi connectivity index (χ1n) is 6.70. The molecule has 118 valence electrons. The third-order valence-electron chi connectivity index (χ3n) is 2.50. The molecule has 0 bridgehead atoms. The highest BCUT2D eigenvalue weighted by molar-refractivity contribution is 6.32. The lowest BCUT2D eigenvalue weighted by atomic mass is 10.2. The van der Waals surface area contributed by atoms with E-state index in [4.69, 9.17) is 26.3 Å². The number of hydrogen-bond acceptors (Lipinski definition) is 5. The maximum atomic E-state index is 11.3. The Labute approximate surface area is 135 Å². The van der Waals surface area contributed by atoms with E-state index in [-0.39, 0.29) is 6.61 Å². The Kier molecular flexibility index (Phi) is 7.27. The number of methoxy groups -OCH3 is 1. The molecule has 0 aliphatic heterocycles. The van der Waals surface area contributed by atoms with Gasteiger partial charge in [-0.1, -0.05) is 25.4 Å². The largest absolute Gasteiger partial charge is 0.493 e. The van der Waals surface area contributed by atoms with Crippen molar-refractivity contribution in [2.45, 2.75) is 13.8 Å². The van der Waals surface area contributed by atoms with Crippen LogP contribution >= 0.6 is 11.6 Å². The summed E-state index contributed by atoms with van der Waals surface area (Å²) in [6.45, 7) is 4.30. The van der Waals surface area contributed by atoms with E-state index in [1.165, 1.54) is 19.3 Å². The van der Waals surface area contributed by atoms with Crippen LogP contribution in [-0.2, 0) is 9.53 Å². The Balaban J connectivity index is 2.91. The van der Waals surface area contributed by atoms with Crippen molar-refractivity contribution in [2.24, 2.45) is 5.92 Å². The molecule has 0 aliphatic carbocycles. The van der Waals surface area contributed by atoms with E-state index in [0.717, 1.165) is 0 Å². The summed E-state index contributed by atoms with van der Waals surface area (Å²) >= 11 is 6.20. The molecule has 0 aliphatic rings. The lowest BCUT2D eigenvalue weighted by Gasteiger charge is -2.14. The lowest BCUT2D eigenvalue weighted by molar-refractivity contribution is -0.136. The van der Waals surface area contributed by atoms with Gasteiger partial charge in [-0.15, -0.1) is 0 Å². The van der Waals surface area contributed by atoms with Crippen molar-refractivity contribution in [2.75, 3.05) is 20.3 Å². The van der Waals surface area contributed by atoms with Crippen molar-refractivity contribution in [1.29, 1.82) is 5.26 Å². The molecule has 0 radical (unpaired) electrons. The average molecular weight is 324 g/mol. The van der Waals surface area contributed by atoms with Gasteiger partial charge >= 0.3 is 5.97 Å². The molecule has 0 heterocycles.